The summed E-state index contributed by atoms with van der Waals surface area (Å²) >= 11 is 0. The summed E-state index contributed by atoms with van der Waals surface area (Å²) in [6.07, 6.45) is 6.15. The predicted molar refractivity (Wildman–Crippen MR) is 70.8 cm³/mol. The van der Waals surface area contributed by atoms with Crippen molar-refractivity contribution < 1.29 is 4.79 Å². The van der Waals surface area contributed by atoms with Gasteiger partial charge >= 0.3 is 0 Å². The van der Waals surface area contributed by atoms with Crippen LogP contribution in [0.1, 0.15) is 35.3 Å². The monoisotopic (exact) mass is 247 g/mol. The van der Waals surface area contributed by atoms with Crippen LogP contribution in [0.15, 0.2) is 12.3 Å². The number of hydrogen-bond donors (Lipinski definition) is 1. The minimum atomic E-state index is 0.255. The molecular formula is C14H21N3O. The van der Waals surface area contributed by atoms with Gasteiger partial charge in [0.2, 0.25) is 5.91 Å². The molecule has 0 radical (unpaired) electrons. The Balaban J connectivity index is 1.63. The minimum Gasteiger partial charge on any atom is -0.312 e. The number of nitrogens with one attached hydrogen (secondary N) is 1. The highest BCUT2D eigenvalue weighted by molar-refractivity contribution is 5.80. The maximum atomic E-state index is 12.3. The van der Waals surface area contributed by atoms with Crippen molar-refractivity contribution in [1.29, 1.82) is 0 Å². The smallest absolute Gasteiger partial charge is 0.232 e. The summed E-state index contributed by atoms with van der Waals surface area (Å²) in [4.78, 5) is 14.6. The zero-order valence-corrected chi connectivity index (χ0v) is 10.8. The number of carbonyl (C=O) groups excluding carboxylic acids is 1. The lowest BCUT2D eigenvalue weighted by Crippen LogP contribution is -2.28. The van der Waals surface area contributed by atoms with E-state index < -0.39 is 0 Å². The summed E-state index contributed by atoms with van der Waals surface area (Å²) in [6.45, 7) is 5.14. The van der Waals surface area contributed by atoms with E-state index in [9.17, 15) is 4.79 Å². The van der Waals surface area contributed by atoms with Gasteiger partial charge in [0.1, 0.15) is 0 Å². The van der Waals surface area contributed by atoms with Crippen LogP contribution in [0, 0.1) is 0 Å². The van der Waals surface area contributed by atoms with E-state index in [1.165, 1.54) is 37.2 Å². The molecule has 2 aliphatic rings. The normalized spacial score (nSPS) is 20.0. The maximum absolute atomic E-state index is 12.3. The van der Waals surface area contributed by atoms with E-state index in [0.717, 1.165) is 26.1 Å². The van der Waals surface area contributed by atoms with E-state index in [1.54, 1.807) is 0 Å². The summed E-state index contributed by atoms with van der Waals surface area (Å²) in [5.41, 5.74) is 2.51. The molecule has 0 amide bonds. The number of rotatable bonds is 3. The highest BCUT2D eigenvalue weighted by Gasteiger charge is 2.18. The topological polar surface area (TPSA) is 37.3 Å². The van der Waals surface area contributed by atoms with Gasteiger partial charge in [0, 0.05) is 44.4 Å². The van der Waals surface area contributed by atoms with Gasteiger partial charge in [-0.1, -0.05) is 0 Å². The molecule has 0 aromatic carbocycles. The van der Waals surface area contributed by atoms with Gasteiger partial charge in [0.05, 0.1) is 0 Å². The van der Waals surface area contributed by atoms with Crippen LogP contribution in [-0.4, -0.2) is 41.6 Å². The first kappa shape index (κ1) is 11.9. The van der Waals surface area contributed by atoms with E-state index >= 15 is 0 Å². The second-order valence-corrected chi connectivity index (χ2v) is 5.28. The average molecular weight is 247 g/mol. The summed E-state index contributed by atoms with van der Waals surface area (Å²) in [6, 6.07) is 2.08. The zero-order chi connectivity index (χ0) is 12.4. The molecule has 0 saturated carbocycles. The van der Waals surface area contributed by atoms with Crippen LogP contribution in [0.25, 0.3) is 0 Å². The van der Waals surface area contributed by atoms with Crippen LogP contribution < -0.4 is 5.32 Å². The molecule has 4 heteroatoms. The average Bonchev–Trinajstić information content (AvgIpc) is 3.05. The molecular weight excluding hydrogens is 226 g/mol. The van der Waals surface area contributed by atoms with Crippen molar-refractivity contribution in [2.24, 2.45) is 0 Å². The Bertz CT molecular complexity index is 432. The van der Waals surface area contributed by atoms with Crippen LogP contribution in [-0.2, 0) is 13.0 Å². The molecule has 3 heterocycles. The lowest BCUT2D eigenvalue weighted by atomic mass is 10.1. The lowest BCUT2D eigenvalue weighted by molar-refractivity contribution is 0.0885. The molecule has 3 rings (SSSR count). The van der Waals surface area contributed by atoms with Gasteiger partial charge in [-0.05, 0) is 37.6 Å². The Morgan fingerprint density at radius 2 is 2.17 bits per heavy atom. The molecule has 1 aromatic heterocycles. The van der Waals surface area contributed by atoms with Gasteiger partial charge < -0.3 is 10.2 Å². The molecule has 0 atom stereocenters. The van der Waals surface area contributed by atoms with E-state index in [-0.39, 0.29) is 5.91 Å². The van der Waals surface area contributed by atoms with Gasteiger partial charge in [-0.15, -0.1) is 0 Å². The highest BCUT2D eigenvalue weighted by Crippen LogP contribution is 2.16. The Kier molecular flexibility index (Phi) is 3.48. The van der Waals surface area contributed by atoms with Crippen LogP contribution in [0.4, 0.5) is 0 Å². The maximum Gasteiger partial charge on any atom is 0.232 e. The number of hydrogen-bond acceptors (Lipinski definition) is 3. The standard InChI is InChI=1S/C14H21N3O/c18-14(5-9-16-7-1-2-8-16)17-10-4-12-11-15-6-3-13(12)17/h4,10,15H,1-3,5-9,11H2. The predicted octanol–water partition coefficient (Wildman–Crippen LogP) is 1.26. The molecule has 0 unspecified atom stereocenters. The molecule has 1 N–H and O–H groups in total. The minimum absolute atomic E-state index is 0.255. The molecule has 1 aromatic rings. The van der Waals surface area contributed by atoms with Crippen LogP contribution >= 0.6 is 0 Å². The Hall–Kier alpha value is -1.13. The highest BCUT2D eigenvalue weighted by atomic mass is 16.2. The van der Waals surface area contributed by atoms with E-state index in [4.69, 9.17) is 0 Å². The second-order valence-electron chi connectivity index (χ2n) is 5.28. The largest absolute Gasteiger partial charge is 0.312 e. The van der Waals surface area contributed by atoms with Gasteiger partial charge in [0.15, 0.2) is 0 Å². The first-order valence-corrected chi connectivity index (χ1v) is 7.00. The van der Waals surface area contributed by atoms with Crippen molar-refractivity contribution in [3.8, 4) is 0 Å². The fourth-order valence-corrected chi connectivity index (χ4v) is 2.99. The molecule has 1 saturated heterocycles. The molecule has 98 valence electrons. The number of nitrogens with zero attached hydrogens (tertiary/aromatic N) is 2. The molecule has 2 aliphatic heterocycles. The Labute approximate surface area is 108 Å². The van der Waals surface area contributed by atoms with Crippen molar-refractivity contribution in [1.82, 2.24) is 14.8 Å². The third kappa shape index (κ3) is 2.35. The van der Waals surface area contributed by atoms with Crippen molar-refractivity contribution in [3.05, 3.63) is 23.5 Å². The first-order valence-electron chi connectivity index (χ1n) is 7.00. The van der Waals surface area contributed by atoms with Gasteiger partial charge in [-0.25, -0.2) is 0 Å². The fourth-order valence-electron chi connectivity index (χ4n) is 2.99. The lowest BCUT2D eigenvalue weighted by Gasteiger charge is -2.17. The molecule has 4 nitrogen and oxygen atoms in total. The zero-order valence-electron chi connectivity index (χ0n) is 10.8. The van der Waals surface area contributed by atoms with Crippen molar-refractivity contribution >= 4 is 5.91 Å². The van der Waals surface area contributed by atoms with Gasteiger partial charge in [-0.3, -0.25) is 9.36 Å². The fraction of sp³-hybridized carbons (Fsp3) is 0.643. The van der Waals surface area contributed by atoms with Crippen molar-refractivity contribution in [3.63, 3.8) is 0 Å². The van der Waals surface area contributed by atoms with Crippen LogP contribution in [0.5, 0.6) is 0 Å². The quantitative estimate of drug-likeness (QED) is 0.873. The number of aromatic nitrogens is 1. The molecule has 0 aliphatic carbocycles. The van der Waals surface area contributed by atoms with E-state index in [1.807, 2.05) is 10.8 Å². The van der Waals surface area contributed by atoms with Gasteiger partial charge in [0.25, 0.3) is 0 Å². The summed E-state index contributed by atoms with van der Waals surface area (Å²) in [7, 11) is 0. The number of fused-ring (bicyclic) bond motifs is 1. The molecule has 18 heavy (non-hydrogen) atoms. The van der Waals surface area contributed by atoms with Crippen molar-refractivity contribution in [2.45, 2.75) is 32.2 Å². The van der Waals surface area contributed by atoms with Crippen molar-refractivity contribution in [2.75, 3.05) is 26.2 Å². The number of likely N-dealkylation sites (tertiary alicyclic amines) is 1. The first-order chi connectivity index (χ1) is 8.84. The summed E-state index contributed by atoms with van der Waals surface area (Å²) < 4.78 is 1.88. The Morgan fingerprint density at radius 3 is 3.00 bits per heavy atom. The molecule has 0 bridgehead atoms. The third-order valence-corrected chi connectivity index (χ3v) is 4.05. The summed E-state index contributed by atoms with van der Waals surface area (Å²) in [5, 5.41) is 3.34. The van der Waals surface area contributed by atoms with E-state index in [0.29, 0.717) is 6.42 Å². The number of carbonyl (C=O) groups is 1. The molecule has 1 fully saturated rings. The van der Waals surface area contributed by atoms with E-state index in [2.05, 4.69) is 16.3 Å². The third-order valence-electron chi connectivity index (χ3n) is 4.05. The van der Waals surface area contributed by atoms with Crippen LogP contribution in [0.2, 0.25) is 0 Å². The summed E-state index contributed by atoms with van der Waals surface area (Å²) in [5.74, 6) is 0.255. The Morgan fingerprint density at radius 1 is 1.33 bits per heavy atom. The van der Waals surface area contributed by atoms with Crippen LogP contribution in [0.3, 0.4) is 0 Å². The second kappa shape index (κ2) is 5.24. The van der Waals surface area contributed by atoms with Gasteiger partial charge in [-0.2, -0.15) is 0 Å². The SMILES string of the molecule is O=C(CCN1CCCC1)n1ccc2c1CCNC2. The molecule has 0 spiro atoms.